The van der Waals surface area contributed by atoms with Crippen LogP contribution in [-0.4, -0.2) is 0 Å². The lowest BCUT2D eigenvalue weighted by atomic mass is 10.1. The van der Waals surface area contributed by atoms with Gasteiger partial charge in [-0.05, 0) is 23.6 Å². The Morgan fingerprint density at radius 1 is 0.929 bits per heavy atom. The molecule has 0 aromatic heterocycles. The molecule has 0 fully saturated rings. The van der Waals surface area contributed by atoms with Crippen LogP contribution in [0.1, 0.15) is 0 Å². The maximum absolute atomic E-state index is 13.2. The smallest absolute Gasteiger partial charge is 0.169 e. The van der Waals surface area contributed by atoms with Gasteiger partial charge in [0.15, 0.2) is 11.6 Å². The van der Waals surface area contributed by atoms with Crippen molar-refractivity contribution in [3.63, 3.8) is 0 Å². The normalized spacial score (nSPS) is 10.9. The summed E-state index contributed by atoms with van der Waals surface area (Å²) in [5.41, 5.74) is 0. The molecule has 2 aromatic carbocycles. The third-order valence-corrected chi connectivity index (χ3v) is 2.14. The summed E-state index contributed by atoms with van der Waals surface area (Å²) in [6.45, 7) is 0. The molecule has 0 saturated carbocycles. The number of halogens is 4. The van der Waals surface area contributed by atoms with Gasteiger partial charge >= 0.3 is 0 Å². The minimum absolute atomic E-state index is 0.154. The molecule has 14 heavy (non-hydrogen) atoms. The summed E-state index contributed by atoms with van der Waals surface area (Å²) < 4.78 is 39.1. The van der Waals surface area contributed by atoms with Crippen LogP contribution in [0.15, 0.2) is 24.3 Å². The molecule has 0 heterocycles. The van der Waals surface area contributed by atoms with E-state index in [0.717, 1.165) is 12.1 Å². The summed E-state index contributed by atoms with van der Waals surface area (Å²) in [6, 6.07) is 4.55. The van der Waals surface area contributed by atoms with Crippen LogP contribution in [0.5, 0.6) is 0 Å². The maximum atomic E-state index is 13.2. The van der Waals surface area contributed by atoms with Gasteiger partial charge in [0, 0.05) is 5.02 Å². The Bertz CT molecular complexity index is 508. The lowest BCUT2D eigenvalue weighted by Crippen LogP contribution is -1.89. The number of benzene rings is 2. The molecule has 2 rings (SSSR count). The van der Waals surface area contributed by atoms with Gasteiger partial charge in [0.25, 0.3) is 0 Å². The zero-order chi connectivity index (χ0) is 10.3. The number of hydrogen-bond acceptors (Lipinski definition) is 0. The first-order valence-electron chi connectivity index (χ1n) is 3.82. The highest BCUT2D eigenvalue weighted by Gasteiger charge is 2.11. The molecule has 0 amide bonds. The summed E-state index contributed by atoms with van der Waals surface area (Å²) in [5.74, 6) is -3.11. The van der Waals surface area contributed by atoms with Crippen molar-refractivity contribution in [3.05, 3.63) is 46.7 Å². The van der Waals surface area contributed by atoms with E-state index in [-0.39, 0.29) is 15.8 Å². The summed E-state index contributed by atoms with van der Waals surface area (Å²) >= 11 is 5.56. The van der Waals surface area contributed by atoms with E-state index in [1.807, 2.05) is 0 Å². The average Bonchev–Trinajstić information content (AvgIpc) is 2.10. The van der Waals surface area contributed by atoms with Gasteiger partial charge < -0.3 is 0 Å². The third kappa shape index (κ3) is 1.34. The van der Waals surface area contributed by atoms with Crippen molar-refractivity contribution in [1.29, 1.82) is 0 Å². The molecule has 0 atom stereocenters. The van der Waals surface area contributed by atoms with Crippen LogP contribution in [0, 0.1) is 17.5 Å². The summed E-state index contributed by atoms with van der Waals surface area (Å²) in [7, 11) is 0. The van der Waals surface area contributed by atoms with Gasteiger partial charge in [0.1, 0.15) is 5.82 Å². The fourth-order valence-corrected chi connectivity index (χ4v) is 1.53. The maximum Gasteiger partial charge on any atom is 0.169 e. The van der Waals surface area contributed by atoms with E-state index in [2.05, 4.69) is 0 Å². The standard InChI is InChI=1S/C10H4ClF3/c11-6-3-5-1-2-7(12)10(14)9(5)8(13)4-6/h1-4H. The first kappa shape index (κ1) is 9.34. The molecule has 72 valence electrons. The Hall–Kier alpha value is -1.22. The number of hydrogen-bond donors (Lipinski definition) is 0. The van der Waals surface area contributed by atoms with Crippen LogP contribution in [-0.2, 0) is 0 Å². The Balaban J connectivity index is 2.95. The van der Waals surface area contributed by atoms with Crippen molar-refractivity contribution in [1.82, 2.24) is 0 Å². The number of rotatable bonds is 0. The monoisotopic (exact) mass is 216 g/mol. The SMILES string of the molecule is Fc1ccc2cc(Cl)cc(F)c2c1F. The van der Waals surface area contributed by atoms with Crippen LogP contribution in [0.4, 0.5) is 13.2 Å². The van der Waals surface area contributed by atoms with Gasteiger partial charge in [-0.1, -0.05) is 17.7 Å². The molecule has 0 aliphatic rings. The number of fused-ring (bicyclic) bond motifs is 1. The highest BCUT2D eigenvalue weighted by Crippen LogP contribution is 2.26. The van der Waals surface area contributed by atoms with Gasteiger partial charge in [-0.2, -0.15) is 0 Å². The zero-order valence-corrected chi connectivity index (χ0v) is 7.58. The molecule has 0 aliphatic heterocycles. The van der Waals surface area contributed by atoms with E-state index in [9.17, 15) is 13.2 Å². The molecular weight excluding hydrogens is 213 g/mol. The fraction of sp³-hybridized carbons (Fsp3) is 0. The van der Waals surface area contributed by atoms with Crippen LogP contribution in [0.3, 0.4) is 0 Å². The summed E-state index contributed by atoms with van der Waals surface area (Å²) in [5, 5.41) is 0.0318. The second kappa shape index (κ2) is 3.17. The molecule has 0 bridgehead atoms. The van der Waals surface area contributed by atoms with Crippen molar-refractivity contribution in [2.45, 2.75) is 0 Å². The Kier molecular flexibility index (Phi) is 2.11. The van der Waals surface area contributed by atoms with Crippen molar-refractivity contribution in [3.8, 4) is 0 Å². The molecule has 4 heteroatoms. The van der Waals surface area contributed by atoms with Crippen LogP contribution >= 0.6 is 11.6 Å². The molecule has 0 aliphatic carbocycles. The fourth-order valence-electron chi connectivity index (χ4n) is 1.31. The minimum atomic E-state index is -1.18. The van der Waals surface area contributed by atoms with Crippen LogP contribution in [0.2, 0.25) is 5.02 Å². The second-order valence-corrected chi connectivity index (χ2v) is 3.28. The van der Waals surface area contributed by atoms with Crippen LogP contribution < -0.4 is 0 Å². The second-order valence-electron chi connectivity index (χ2n) is 2.85. The Morgan fingerprint density at radius 2 is 1.64 bits per heavy atom. The first-order valence-corrected chi connectivity index (χ1v) is 4.20. The quantitative estimate of drug-likeness (QED) is 0.626. The lowest BCUT2D eigenvalue weighted by Gasteiger charge is -2.02. The van der Waals surface area contributed by atoms with Crippen molar-refractivity contribution >= 4 is 22.4 Å². The Morgan fingerprint density at radius 3 is 2.36 bits per heavy atom. The summed E-state index contributed by atoms with van der Waals surface area (Å²) in [6.07, 6.45) is 0. The van der Waals surface area contributed by atoms with Crippen LogP contribution in [0.25, 0.3) is 10.8 Å². The van der Waals surface area contributed by atoms with E-state index in [0.29, 0.717) is 0 Å². The van der Waals surface area contributed by atoms with Crippen molar-refractivity contribution < 1.29 is 13.2 Å². The predicted molar refractivity (Wildman–Crippen MR) is 48.8 cm³/mol. The van der Waals surface area contributed by atoms with E-state index in [1.54, 1.807) is 0 Å². The molecule has 0 radical (unpaired) electrons. The van der Waals surface area contributed by atoms with E-state index in [1.165, 1.54) is 12.1 Å². The largest absolute Gasteiger partial charge is 0.206 e. The molecular formula is C10H4ClF3. The van der Waals surface area contributed by atoms with Gasteiger partial charge in [-0.15, -0.1) is 0 Å². The van der Waals surface area contributed by atoms with Gasteiger partial charge in [0.05, 0.1) is 5.39 Å². The Labute approximate surface area is 82.9 Å². The molecule has 0 unspecified atom stereocenters. The van der Waals surface area contributed by atoms with Crippen molar-refractivity contribution in [2.75, 3.05) is 0 Å². The molecule has 2 aromatic rings. The third-order valence-electron chi connectivity index (χ3n) is 1.92. The lowest BCUT2D eigenvalue weighted by molar-refractivity contribution is 0.512. The molecule has 0 N–H and O–H groups in total. The highest BCUT2D eigenvalue weighted by molar-refractivity contribution is 6.31. The average molecular weight is 217 g/mol. The molecule has 0 spiro atoms. The van der Waals surface area contributed by atoms with E-state index >= 15 is 0 Å². The first-order chi connectivity index (χ1) is 6.59. The van der Waals surface area contributed by atoms with Crippen molar-refractivity contribution in [2.24, 2.45) is 0 Å². The van der Waals surface area contributed by atoms with Gasteiger partial charge in [0.2, 0.25) is 0 Å². The van der Waals surface area contributed by atoms with Gasteiger partial charge in [-0.3, -0.25) is 0 Å². The minimum Gasteiger partial charge on any atom is -0.206 e. The molecule has 0 nitrogen and oxygen atoms in total. The van der Waals surface area contributed by atoms with Gasteiger partial charge in [-0.25, -0.2) is 13.2 Å². The zero-order valence-electron chi connectivity index (χ0n) is 6.82. The van der Waals surface area contributed by atoms with E-state index < -0.39 is 17.5 Å². The predicted octanol–water partition coefficient (Wildman–Crippen LogP) is 3.91. The highest BCUT2D eigenvalue weighted by atomic mass is 35.5. The summed E-state index contributed by atoms with van der Waals surface area (Å²) in [4.78, 5) is 0. The van der Waals surface area contributed by atoms with E-state index in [4.69, 9.17) is 11.6 Å². The molecule has 0 saturated heterocycles. The topological polar surface area (TPSA) is 0 Å².